The number of piperazine rings is 1. The van der Waals surface area contributed by atoms with Crippen LogP contribution >= 0.6 is 0 Å². The summed E-state index contributed by atoms with van der Waals surface area (Å²) in [5, 5.41) is 3.41. The van der Waals surface area contributed by atoms with Crippen molar-refractivity contribution in [2.24, 2.45) is 0 Å². The number of methoxy groups -OCH3 is 1. The summed E-state index contributed by atoms with van der Waals surface area (Å²) < 4.78 is 18.7. The summed E-state index contributed by atoms with van der Waals surface area (Å²) in [6.45, 7) is 4.03. The van der Waals surface area contributed by atoms with Crippen LogP contribution in [0.1, 0.15) is 18.5 Å². The Kier molecular flexibility index (Phi) is 3.64. The fraction of sp³-hybridized carbons (Fsp3) is 0.538. The second-order valence-corrected chi connectivity index (χ2v) is 4.55. The van der Waals surface area contributed by atoms with E-state index in [1.165, 1.54) is 6.07 Å². The molecule has 1 fully saturated rings. The standard InChI is InChI=1S/C13H19FN2O/c1-9-13(16(2)7-6-15-9)11-8-10(14)4-5-12(11)17-3/h4-5,8-9,13,15H,6-7H2,1-3H3. The van der Waals surface area contributed by atoms with Crippen molar-refractivity contribution < 1.29 is 9.13 Å². The van der Waals surface area contributed by atoms with E-state index in [0.717, 1.165) is 24.4 Å². The first-order valence-corrected chi connectivity index (χ1v) is 5.90. The number of benzene rings is 1. The smallest absolute Gasteiger partial charge is 0.123 e. The first-order valence-electron chi connectivity index (χ1n) is 5.90. The first kappa shape index (κ1) is 12.3. The Balaban J connectivity index is 2.39. The number of hydrogen-bond donors (Lipinski definition) is 1. The molecule has 0 spiro atoms. The van der Waals surface area contributed by atoms with E-state index >= 15 is 0 Å². The van der Waals surface area contributed by atoms with Gasteiger partial charge >= 0.3 is 0 Å². The lowest BCUT2D eigenvalue weighted by Gasteiger charge is -2.39. The van der Waals surface area contributed by atoms with Crippen molar-refractivity contribution in [1.29, 1.82) is 0 Å². The van der Waals surface area contributed by atoms with Crippen molar-refractivity contribution in [2.75, 3.05) is 27.2 Å². The van der Waals surface area contributed by atoms with E-state index in [0.29, 0.717) is 0 Å². The number of nitrogens with zero attached hydrogens (tertiary/aromatic N) is 1. The van der Waals surface area contributed by atoms with Gasteiger partial charge in [-0.05, 0) is 32.2 Å². The van der Waals surface area contributed by atoms with Gasteiger partial charge in [-0.25, -0.2) is 4.39 Å². The van der Waals surface area contributed by atoms with Crippen LogP contribution in [-0.2, 0) is 0 Å². The fourth-order valence-corrected chi connectivity index (χ4v) is 2.54. The third-order valence-corrected chi connectivity index (χ3v) is 3.39. The van der Waals surface area contributed by atoms with E-state index in [1.54, 1.807) is 19.2 Å². The highest BCUT2D eigenvalue weighted by molar-refractivity contribution is 5.37. The van der Waals surface area contributed by atoms with Crippen LogP contribution < -0.4 is 10.1 Å². The summed E-state index contributed by atoms with van der Waals surface area (Å²) in [7, 11) is 3.68. The third-order valence-electron chi connectivity index (χ3n) is 3.39. The molecule has 3 nitrogen and oxygen atoms in total. The first-order chi connectivity index (χ1) is 8.13. The van der Waals surface area contributed by atoms with Crippen LogP contribution in [0.15, 0.2) is 18.2 Å². The number of halogens is 1. The van der Waals surface area contributed by atoms with E-state index in [-0.39, 0.29) is 17.9 Å². The van der Waals surface area contributed by atoms with Gasteiger partial charge in [-0.3, -0.25) is 4.90 Å². The molecule has 0 radical (unpaired) electrons. The van der Waals surface area contributed by atoms with Crippen LogP contribution in [0.3, 0.4) is 0 Å². The monoisotopic (exact) mass is 238 g/mol. The molecule has 2 atom stereocenters. The molecule has 0 bridgehead atoms. The minimum absolute atomic E-state index is 0.148. The maximum Gasteiger partial charge on any atom is 0.123 e. The maximum atomic E-state index is 13.4. The zero-order chi connectivity index (χ0) is 12.4. The molecular weight excluding hydrogens is 219 g/mol. The highest BCUT2D eigenvalue weighted by Gasteiger charge is 2.29. The molecule has 17 heavy (non-hydrogen) atoms. The second-order valence-electron chi connectivity index (χ2n) is 4.55. The van der Waals surface area contributed by atoms with Crippen LogP contribution in [0.5, 0.6) is 5.75 Å². The molecule has 1 aliphatic rings. The average molecular weight is 238 g/mol. The van der Waals surface area contributed by atoms with Crippen LogP contribution in [0.4, 0.5) is 4.39 Å². The molecule has 1 aromatic carbocycles. The molecule has 94 valence electrons. The van der Waals surface area contributed by atoms with Crippen LogP contribution in [0.2, 0.25) is 0 Å². The molecule has 1 heterocycles. The Bertz CT molecular complexity index is 387. The van der Waals surface area contributed by atoms with Gasteiger partial charge in [0, 0.05) is 24.7 Å². The number of rotatable bonds is 2. The van der Waals surface area contributed by atoms with Gasteiger partial charge in [0.15, 0.2) is 0 Å². The molecule has 2 rings (SSSR count). The van der Waals surface area contributed by atoms with Gasteiger partial charge in [0.25, 0.3) is 0 Å². The Morgan fingerprint density at radius 1 is 1.47 bits per heavy atom. The van der Waals surface area contributed by atoms with Gasteiger partial charge < -0.3 is 10.1 Å². The quantitative estimate of drug-likeness (QED) is 0.850. The number of ether oxygens (including phenoxy) is 1. The van der Waals surface area contributed by atoms with Gasteiger partial charge in [0.1, 0.15) is 11.6 Å². The highest BCUT2D eigenvalue weighted by atomic mass is 19.1. The van der Waals surface area contributed by atoms with Crippen molar-refractivity contribution in [2.45, 2.75) is 19.0 Å². The zero-order valence-electron chi connectivity index (χ0n) is 10.5. The van der Waals surface area contributed by atoms with Gasteiger partial charge in [-0.15, -0.1) is 0 Å². The Hall–Kier alpha value is -1.13. The SMILES string of the molecule is COc1ccc(F)cc1C1C(C)NCCN1C. The molecule has 1 aromatic rings. The molecule has 1 N–H and O–H groups in total. The third kappa shape index (κ3) is 2.42. The van der Waals surface area contributed by atoms with Crippen LogP contribution in [0.25, 0.3) is 0 Å². The van der Waals surface area contributed by atoms with Crippen molar-refractivity contribution in [1.82, 2.24) is 10.2 Å². The lowest BCUT2D eigenvalue weighted by atomic mass is 9.96. The van der Waals surface area contributed by atoms with Crippen molar-refractivity contribution in [3.8, 4) is 5.75 Å². The molecule has 0 aliphatic carbocycles. The molecule has 1 saturated heterocycles. The molecular formula is C13H19FN2O. The van der Waals surface area contributed by atoms with Gasteiger partial charge in [-0.1, -0.05) is 0 Å². The predicted octanol–water partition coefficient (Wildman–Crippen LogP) is 1.80. The van der Waals surface area contributed by atoms with E-state index in [2.05, 4.69) is 24.2 Å². The Labute approximate surface area is 102 Å². The summed E-state index contributed by atoms with van der Waals surface area (Å²) in [6, 6.07) is 5.13. The molecule has 0 saturated carbocycles. The number of likely N-dealkylation sites (N-methyl/N-ethyl adjacent to an activating group) is 1. The minimum atomic E-state index is -0.216. The second kappa shape index (κ2) is 5.02. The van der Waals surface area contributed by atoms with Gasteiger partial charge in [0.2, 0.25) is 0 Å². The Morgan fingerprint density at radius 2 is 2.24 bits per heavy atom. The van der Waals surface area contributed by atoms with E-state index in [1.807, 2.05) is 0 Å². The number of hydrogen-bond acceptors (Lipinski definition) is 3. The highest BCUT2D eigenvalue weighted by Crippen LogP contribution is 2.32. The minimum Gasteiger partial charge on any atom is -0.496 e. The molecule has 1 aliphatic heterocycles. The summed E-state index contributed by atoms with van der Waals surface area (Å²) >= 11 is 0. The number of nitrogens with one attached hydrogen (secondary N) is 1. The fourth-order valence-electron chi connectivity index (χ4n) is 2.54. The maximum absolute atomic E-state index is 13.4. The molecule has 0 amide bonds. The van der Waals surface area contributed by atoms with E-state index in [9.17, 15) is 4.39 Å². The van der Waals surface area contributed by atoms with Crippen LogP contribution in [-0.4, -0.2) is 38.2 Å². The van der Waals surface area contributed by atoms with Crippen molar-refractivity contribution in [3.05, 3.63) is 29.6 Å². The molecule has 0 aromatic heterocycles. The average Bonchev–Trinajstić information content (AvgIpc) is 2.29. The Morgan fingerprint density at radius 3 is 2.88 bits per heavy atom. The lowest BCUT2D eigenvalue weighted by Crippen LogP contribution is -2.49. The summed E-state index contributed by atoms with van der Waals surface area (Å²) in [5.41, 5.74) is 0.912. The topological polar surface area (TPSA) is 24.5 Å². The van der Waals surface area contributed by atoms with Crippen LogP contribution in [0, 0.1) is 5.82 Å². The predicted molar refractivity (Wildman–Crippen MR) is 65.8 cm³/mol. The van der Waals surface area contributed by atoms with Gasteiger partial charge in [-0.2, -0.15) is 0 Å². The largest absolute Gasteiger partial charge is 0.496 e. The van der Waals surface area contributed by atoms with Gasteiger partial charge in [0.05, 0.1) is 13.2 Å². The van der Waals surface area contributed by atoms with E-state index < -0.39 is 0 Å². The lowest BCUT2D eigenvalue weighted by molar-refractivity contribution is 0.156. The van der Waals surface area contributed by atoms with E-state index in [4.69, 9.17) is 4.74 Å². The normalized spacial score (nSPS) is 25.9. The molecule has 4 heteroatoms. The van der Waals surface area contributed by atoms with Crippen molar-refractivity contribution in [3.63, 3.8) is 0 Å². The summed E-state index contributed by atoms with van der Waals surface area (Å²) in [6.07, 6.45) is 0. The molecule has 2 unspecified atom stereocenters. The summed E-state index contributed by atoms with van der Waals surface area (Å²) in [4.78, 5) is 2.23. The zero-order valence-corrected chi connectivity index (χ0v) is 10.5. The summed E-state index contributed by atoms with van der Waals surface area (Å²) in [5.74, 6) is 0.533. The van der Waals surface area contributed by atoms with Crippen molar-refractivity contribution >= 4 is 0 Å².